The van der Waals surface area contributed by atoms with Gasteiger partial charge in [0.05, 0.1) is 13.2 Å². The van der Waals surface area contributed by atoms with Crippen LogP contribution in [-0.4, -0.2) is 37.6 Å². The average molecular weight is 301 g/mol. The van der Waals surface area contributed by atoms with E-state index in [4.69, 9.17) is 9.47 Å². The zero-order valence-corrected chi connectivity index (χ0v) is 13.2. The van der Waals surface area contributed by atoms with Crippen LogP contribution in [0.15, 0.2) is 6.07 Å². The topological polar surface area (TPSA) is 38.8 Å². The summed E-state index contributed by atoms with van der Waals surface area (Å²) in [6.07, 6.45) is 6.13. The summed E-state index contributed by atoms with van der Waals surface area (Å²) in [6, 6.07) is 2.15. The molecule has 1 amide bonds. The maximum absolute atomic E-state index is 12.3. The molecular formula is C18H23NO3. The monoisotopic (exact) mass is 301 g/mol. The van der Waals surface area contributed by atoms with Gasteiger partial charge in [-0.25, -0.2) is 0 Å². The smallest absolute Gasteiger partial charge is 0.225 e. The van der Waals surface area contributed by atoms with Gasteiger partial charge < -0.3 is 14.4 Å². The van der Waals surface area contributed by atoms with Crippen LogP contribution in [0.5, 0.6) is 11.5 Å². The summed E-state index contributed by atoms with van der Waals surface area (Å²) in [5.41, 5.74) is 3.84. The Labute approximate surface area is 131 Å². The second-order valence-electron chi connectivity index (χ2n) is 6.65. The van der Waals surface area contributed by atoms with Gasteiger partial charge in [-0.2, -0.15) is 0 Å². The zero-order valence-electron chi connectivity index (χ0n) is 13.2. The highest BCUT2D eigenvalue weighted by Crippen LogP contribution is 2.40. The van der Waals surface area contributed by atoms with Gasteiger partial charge in [0.15, 0.2) is 0 Å². The van der Waals surface area contributed by atoms with Crippen LogP contribution < -0.4 is 9.47 Å². The Morgan fingerprint density at radius 3 is 2.86 bits per heavy atom. The van der Waals surface area contributed by atoms with Gasteiger partial charge >= 0.3 is 0 Å². The number of hydrogen-bond donors (Lipinski definition) is 0. The fraction of sp³-hybridized carbons (Fsp3) is 0.611. The first-order chi connectivity index (χ1) is 10.7. The van der Waals surface area contributed by atoms with E-state index < -0.39 is 0 Å². The van der Waals surface area contributed by atoms with Gasteiger partial charge in [0, 0.05) is 49.0 Å². The largest absolute Gasteiger partial charge is 0.493 e. The number of carbonyl (C=O) groups excluding carboxylic acids is 1. The van der Waals surface area contributed by atoms with Crippen LogP contribution in [0.1, 0.15) is 36.0 Å². The highest BCUT2D eigenvalue weighted by Gasteiger charge is 2.29. The lowest BCUT2D eigenvalue weighted by molar-refractivity contribution is -0.136. The Hall–Kier alpha value is -1.71. The molecule has 1 fully saturated rings. The van der Waals surface area contributed by atoms with Gasteiger partial charge in [-0.1, -0.05) is 6.42 Å². The lowest BCUT2D eigenvalue weighted by Crippen LogP contribution is -2.37. The number of benzene rings is 1. The highest BCUT2D eigenvalue weighted by atomic mass is 16.5. The molecule has 3 aliphatic rings. The van der Waals surface area contributed by atoms with Gasteiger partial charge in [-0.15, -0.1) is 0 Å². The van der Waals surface area contributed by atoms with E-state index in [2.05, 4.69) is 6.07 Å². The molecule has 2 aliphatic heterocycles. The van der Waals surface area contributed by atoms with E-state index in [0.29, 0.717) is 5.91 Å². The van der Waals surface area contributed by atoms with E-state index >= 15 is 0 Å². The predicted molar refractivity (Wildman–Crippen MR) is 83.5 cm³/mol. The number of hydrogen-bond acceptors (Lipinski definition) is 3. The fourth-order valence-electron chi connectivity index (χ4n) is 3.71. The molecule has 118 valence electrons. The van der Waals surface area contributed by atoms with Crippen molar-refractivity contribution in [3.63, 3.8) is 0 Å². The Kier molecular flexibility index (Phi) is 3.47. The minimum absolute atomic E-state index is 0.275. The van der Waals surface area contributed by atoms with Crippen molar-refractivity contribution in [3.05, 3.63) is 22.8 Å². The maximum Gasteiger partial charge on any atom is 0.225 e. The van der Waals surface area contributed by atoms with Crippen molar-refractivity contribution < 1.29 is 14.3 Å². The van der Waals surface area contributed by atoms with Crippen molar-refractivity contribution in [1.82, 2.24) is 4.90 Å². The molecule has 1 saturated carbocycles. The fourth-order valence-corrected chi connectivity index (χ4v) is 3.71. The molecule has 0 bridgehead atoms. The molecule has 0 unspecified atom stereocenters. The van der Waals surface area contributed by atoms with Crippen LogP contribution in [0.4, 0.5) is 0 Å². The number of likely N-dealkylation sites (N-methyl/N-ethyl adjacent to an activating group) is 1. The number of amides is 1. The van der Waals surface area contributed by atoms with Crippen LogP contribution in [0, 0.1) is 5.92 Å². The van der Waals surface area contributed by atoms with Gasteiger partial charge in [-0.3, -0.25) is 4.79 Å². The summed E-state index contributed by atoms with van der Waals surface area (Å²) in [7, 11) is 1.93. The first-order valence-electron chi connectivity index (χ1n) is 8.42. The summed E-state index contributed by atoms with van der Waals surface area (Å²) in [4.78, 5) is 14.2. The Bertz CT molecular complexity index is 575. The lowest BCUT2D eigenvalue weighted by atomic mass is 9.84. The summed E-state index contributed by atoms with van der Waals surface area (Å²) >= 11 is 0. The predicted octanol–water partition coefficient (Wildman–Crippen LogP) is 2.36. The molecule has 1 aliphatic carbocycles. The molecule has 1 aromatic carbocycles. The van der Waals surface area contributed by atoms with E-state index in [1.807, 2.05) is 11.9 Å². The Balaban J connectivity index is 1.52. The molecule has 0 saturated heterocycles. The highest BCUT2D eigenvalue weighted by molar-refractivity contribution is 5.79. The van der Waals surface area contributed by atoms with Crippen LogP contribution in [0.3, 0.4) is 0 Å². The number of rotatable bonds is 4. The second-order valence-corrected chi connectivity index (χ2v) is 6.65. The number of fused-ring (bicyclic) bond motifs is 2. The normalized spacial score (nSPS) is 19.0. The molecule has 0 aromatic heterocycles. The Morgan fingerprint density at radius 2 is 2.09 bits per heavy atom. The van der Waals surface area contributed by atoms with Crippen molar-refractivity contribution in [2.24, 2.45) is 5.92 Å². The van der Waals surface area contributed by atoms with E-state index in [1.54, 1.807) is 0 Å². The lowest BCUT2D eigenvalue weighted by Gasteiger charge is -2.29. The van der Waals surface area contributed by atoms with Crippen LogP contribution >= 0.6 is 0 Å². The summed E-state index contributed by atoms with van der Waals surface area (Å²) in [5, 5.41) is 0. The number of nitrogens with zero attached hydrogens (tertiary/aromatic N) is 1. The average Bonchev–Trinajstić information content (AvgIpc) is 3.09. The van der Waals surface area contributed by atoms with Gasteiger partial charge in [0.25, 0.3) is 0 Å². The standard InChI is InChI=1S/C18H23NO3/c1-19(18(20)12-3-2-4-12)8-5-15-14-7-10-21-16(14)11-13-6-9-22-17(13)15/h11-12H,2-10H2,1H3. The van der Waals surface area contributed by atoms with E-state index in [-0.39, 0.29) is 5.92 Å². The van der Waals surface area contributed by atoms with Gasteiger partial charge in [0.2, 0.25) is 5.91 Å². The first kappa shape index (κ1) is 13.9. The van der Waals surface area contributed by atoms with Crippen molar-refractivity contribution in [2.75, 3.05) is 26.8 Å². The summed E-state index contributed by atoms with van der Waals surface area (Å²) in [5.74, 6) is 2.69. The van der Waals surface area contributed by atoms with Crippen molar-refractivity contribution in [2.45, 2.75) is 38.5 Å². The van der Waals surface area contributed by atoms with E-state index in [1.165, 1.54) is 23.1 Å². The third-order valence-electron chi connectivity index (χ3n) is 5.29. The van der Waals surface area contributed by atoms with Crippen molar-refractivity contribution in [3.8, 4) is 11.5 Å². The van der Waals surface area contributed by atoms with E-state index in [0.717, 1.165) is 63.4 Å². The third-order valence-corrected chi connectivity index (χ3v) is 5.29. The quantitative estimate of drug-likeness (QED) is 0.857. The van der Waals surface area contributed by atoms with Crippen molar-refractivity contribution in [1.29, 1.82) is 0 Å². The first-order valence-corrected chi connectivity index (χ1v) is 8.42. The molecule has 1 aromatic rings. The summed E-state index contributed by atoms with van der Waals surface area (Å²) < 4.78 is 11.6. The van der Waals surface area contributed by atoms with E-state index in [9.17, 15) is 4.79 Å². The molecular weight excluding hydrogens is 278 g/mol. The molecule has 0 atom stereocenters. The van der Waals surface area contributed by atoms with Gasteiger partial charge in [0.1, 0.15) is 11.5 Å². The SMILES string of the molecule is CN(CCc1c2c(cc3c1OCC3)OCC2)C(=O)C1CCC1. The zero-order chi connectivity index (χ0) is 15.1. The molecule has 0 spiro atoms. The molecule has 22 heavy (non-hydrogen) atoms. The molecule has 4 heteroatoms. The van der Waals surface area contributed by atoms with Crippen molar-refractivity contribution >= 4 is 5.91 Å². The molecule has 4 rings (SSSR count). The van der Waals surface area contributed by atoms with Crippen LogP contribution in [-0.2, 0) is 24.1 Å². The summed E-state index contributed by atoms with van der Waals surface area (Å²) in [6.45, 7) is 2.30. The molecule has 2 heterocycles. The molecule has 0 radical (unpaired) electrons. The van der Waals surface area contributed by atoms with Gasteiger partial charge in [-0.05, 0) is 25.3 Å². The Morgan fingerprint density at radius 1 is 1.27 bits per heavy atom. The van der Waals surface area contributed by atoms with Crippen LogP contribution in [0.25, 0.3) is 0 Å². The number of ether oxygens (including phenoxy) is 2. The molecule has 4 nitrogen and oxygen atoms in total. The maximum atomic E-state index is 12.3. The molecule has 0 N–H and O–H groups in total. The van der Waals surface area contributed by atoms with Crippen LogP contribution in [0.2, 0.25) is 0 Å². The third kappa shape index (κ3) is 2.25. The number of carbonyl (C=O) groups is 1. The minimum Gasteiger partial charge on any atom is -0.493 e. The minimum atomic E-state index is 0.275. The second kappa shape index (κ2) is 5.49.